The molecule has 5 rings (SSSR count). The number of carbonyl (C=O) groups is 1. The van der Waals surface area contributed by atoms with Crippen LogP contribution in [0, 0.1) is 0 Å². The van der Waals surface area contributed by atoms with Crippen molar-refractivity contribution in [3.05, 3.63) is 83.6 Å². The Morgan fingerprint density at radius 2 is 1.68 bits per heavy atom. The molecule has 0 bridgehead atoms. The minimum absolute atomic E-state index is 0.0428. The van der Waals surface area contributed by atoms with Gasteiger partial charge in [0.05, 0.1) is 39.6 Å². The second-order valence-corrected chi connectivity index (χ2v) is 9.80. The molecule has 0 aliphatic carbocycles. The third-order valence-corrected chi connectivity index (χ3v) is 7.62. The molecule has 9 nitrogen and oxygen atoms in total. The molecule has 1 aliphatic heterocycles. The van der Waals surface area contributed by atoms with E-state index in [0.29, 0.717) is 19.5 Å². The summed E-state index contributed by atoms with van der Waals surface area (Å²) in [5.41, 5.74) is 4.81. The highest BCUT2D eigenvalue weighted by Gasteiger charge is 2.33. The number of aromatic nitrogens is 1. The monoisotopic (exact) mass is 556 g/mol. The van der Waals surface area contributed by atoms with E-state index in [-0.39, 0.29) is 12.1 Å². The highest BCUT2D eigenvalue weighted by molar-refractivity contribution is 6.00. The number of urea groups is 1. The minimum atomic E-state index is -0.260. The molecule has 2 heterocycles. The normalized spacial score (nSPS) is 14.7. The van der Waals surface area contributed by atoms with Gasteiger partial charge in [-0.05, 0) is 60.9 Å². The van der Waals surface area contributed by atoms with Gasteiger partial charge in [-0.3, -0.25) is 9.88 Å². The van der Waals surface area contributed by atoms with Crippen LogP contribution >= 0.6 is 0 Å². The number of para-hydroxylation sites is 1. The first kappa shape index (κ1) is 28.0. The van der Waals surface area contributed by atoms with Gasteiger partial charge in [0.2, 0.25) is 0 Å². The standard InChI is InChI=1S/C32H36N4O5/c1-38-22-9-10-28(39-2)21(19-22)20-27-31-24(29(40-3)11-12-30(31)41-4)14-17-36(27)18-16-34-32(37)35-26-13-15-33-25-8-6-5-7-23(25)26/h5-13,15,19,27H,14,16-18,20H2,1-4H3,(H2,33,34,35,37). The Labute approximate surface area is 240 Å². The number of pyridine rings is 1. The van der Waals surface area contributed by atoms with Crippen LogP contribution in [0.5, 0.6) is 23.0 Å². The number of nitrogens with one attached hydrogen (secondary N) is 2. The molecule has 0 spiro atoms. The molecule has 41 heavy (non-hydrogen) atoms. The zero-order valence-electron chi connectivity index (χ0n) is 23.9. The lowest BCUT2D eigenvalue weighted by Gasteiger charge is -2.39. The van der Waals surface area contributed by atoms with Crippen molar-refractivity contribution in [2.24, 2.45) is 0 Å². The number of anilines is 1. The van der Waals surface area contributed by atoms with E-state index >= 15 is 0 Å². The molecule has 2 amide bonds. The van der Waals surface area contributed by atoms with Crippen LogP contribution in [0.2, 0.25) is 0 Å². The van der Waals surface area contributed by atoms with Gasteiger partial charge < -0.3 is 29.6 Å². The van der Waals surface area contributed by atoms with Crippen molar-refractivity contribution in [3.63, 3.8) is 0 Å². The summed E-state index contributed by atoms with van der Waals surface area (Å²) in [5, 5.41) is 6.90. The van der Waals surface area contributed by atoms with Crippen LogP contribution in [0.4, 0.5) is 10.5 Å². The summed E-state index contributed by atoms with van der Waals surface area (Å²) >= 11 is 0. The zero-order valence-corrected chi connectivity index (χ0v) is 23.9. The molecular weight excluding hydrogens is 520 g/mol. The fourth-order valence-corrected chi connectivity index (χ4v) is 5.64. The lowest BCUT2D eigenvalue weighted by Crippen LogP contribution is -2.42. The maximum absolute atomic E-state index is 12.9. The number of fused-ring (bicyclic) bond motifs is 2. The molecule has 0 radical (unpaired) electrons. The zero-order chi connectivity index (χ0) is 28.8. The van der Waals surface area contributed by atoms with Gasteiger partial charge >= 0.3 is 6.03 Å². The molecule has 1 aliphatic rings. The predicted molar refractivity (Wildman–Crippen MR) is 160 cm³/mol. The lowest BCUT2D eigenvalue weighted by molar-refractivity contribution is 0.177. The average Bonchev–Trinajstić information content (AvgIpc) is 3.01. The highest BCUT2D eigenvalue weighted by Crippen LogP contribution is 2.43. The Morgan fingerprint density at radius 1 is 0.927 bits per heavy atom. The molecule has 1 atom stereocenters. The van der Waals surface area contributed by atoms with Crippen LogP contribution in [-0.4, -0.2) is 64.0 Å². The van der Waals surface area contributed by atoms with E-state index in [1.807, 2.05) is 54.6 Å². The molecule has 3 aromatic carbocycles. The number of methoxy groups -OCH3 is 4. The first-order valence-corrected chi connectivity index (χ1v) is 13.6. The van der Waals surface area contributed by atoms with Crippen molar-refractivity contribution in [3.8, 4) is 23.0 Å². The van der Waals surface area contributed by atoms with Gasteiger partial charge in [-0.15, -0.1) is 0 Å². The van der Waals surface area contributed by atoms with Crippen LogP contribution < -0.4 is 29.6 Å². The number of rotatable bonds is 10. The summed E-state index contributed by atoms with van der Waals surface area (Å²) in [6.07, 6.45) is 3.16. The van der Waals surface area contributed by atoms with Gasteiger partial charge in [0, 0.05) is 48.4 Å². The van der Waals surface area contributed by atoms with E-state index in [2.05, 4.69) is 20.5 Å². The topological polar surface area (TPSA) is 94.2 Å². The molecule has 214 valence electrons. The van der Waals surface area contributed by atoms with Crippen molar-refractivity contribution in [2.45, 2.75) is 18.9 Å². The van der Waals surface area contributed by atoms with Crippen LogP contribution in [0.15, 0.2) is 66.9 Å². The number of nitrogens with zero attached hydrogens (tertiary/aromatic N) is 2. The van der Waals surface area contributed by atoms with Gasteiger partial charge in [0.15, 0.2) is 0 Å². The molecule has 0 saturated heterocycles. The number of benzene rings is 3. The number of ether oxygens (including phenoxy) is 4. The van der Waals surface area contributed by atoms with Gasteiger partial charge in [0.25, 0.3) is 0 Å². The van der Waals surface area contributed by atoms with Crippen LogP contribution in [0.1, 0.15) is 22.7 Å². The molecule has 1 aromatic heterocycles. The Morgan fingerprint density at radius 3 is 2.46 bits per heavy atom. The van der Waals surface area contributed by atoms with Crippen LogP contribution in [0.25, 0.3) is 10.9 Å². The summed E-state index contributed by atoms with van der Waals surface area (Å²) in [6, 6.07) is 19.0. The fraction of sp³-hybridized carbons (Fsp3) is 0.312. The van der Waals surface area contributed by atoms with Crippen LogP contribution in [0.3, 0.4) is 0 Å². The highest BCUT2D eigenvalue weighted by atomic mass is 16.5. The van der Waals surface area contributed by atoms with E-state index in [9.17, 15) is 4.79 Å². The second-order valence-electron chi connectivity index (χ2n) is 9.80. The van der Waals surface area contributed by atoms with Gasteiger partial charge in [-0.25, -0.2) is 4.79 Å². The van der Waals surface area contributed by atoms with E-state index in [1.165, 1.54) is 0 Å². The van der Waals surface area contributed by atoms with Crippen LogP contribution in [-0.2, 0) is 12.8 Å². The Hall–Kier alpha value is -4.50. The Kier molecular flexibility index (Phi) is 8.74. The first-order chi connectivity index (χ1) is 20.1. The Balaban J connectivity index is 1.37. The molecule has 0 saturated carbocycles. The summed E-state index contributed by atoms with van der Waals surface area (Å²) in [4.78, 5) is 19.6. The molecule has 4 aromatic rings. The molecular formula is C32H36N4O5. The number of amides is 2. The maximum atomic E-state index is 12.9. The lowest BCUT2D eigenvalue weighted by atomic mass is 9.87. The van der Waals surface area contributed by atoms with E-state index in [1.54, 1.807) is 40.7 Å². The van der Waals surface area contributed by atoms with Crippen molar-refractivity contribution in [1.82, 2.24) is 15.2 Å². The van der Waals surface area contributed by atoms with Crippen molar-refractivity contribution in [2.75, 3.05) is 53.4 Å². The number of hydrogen-bond acceptors (Lipinski definition) is 7. The number of hydrogen-bond donors (Lipinski definition) is 2. The summed E-state index contributed by atoms with van der Waals surface area (Å²) in [5.74, 6) is 3.22. The summed E-state index contributed by atoms with van der Waals surface area (Å²) < 4.78 is 22.8. The van der Waals surface area contributed by atoms with Gasteiger partial charge in [0.1, 0.15) is 23.0 Å². The van der Waals surface area contributed by atoms with E-state index in [0.717, 1.165) is 69.2 Å². The Bertz CT molecular complexity index is 1520. The average molecular weight is 557 g/mol. The number of carbonyl (C=O) groups excluding carboxylic acids is 1. The summed E-state index contributed by atoms with van der Waals surface area (Å²) in [6.45, 7) is 1.90. The van der Waals surface area contributed by atoms with Crippen molar-refractivity contribution >= 4 is 22.6 Å². The molecule has 1 unspecified atom stereocenters. The fourth-order valence-electron chi connectivity index (χ4n) is 5.64. The quantitative estimate of drug-likeness (QED) is 0.276. The second kappa shape index (κ2) is 12.8. The molecule has 9 heteroatoms. The minimum Gasteiger partial charge on any atom is -0.497 e. The largest absolute Gasteiger partial charge is 0.497 e. The molecule has 2 N–H and O–H groups in total. The maximum Gasteiger partial charge on any atom is 0.319 e. The predicted octanol–water partition coefficient (Wildman–Crippen LogP) is 5.23. The molecule has 0 fully saturated rings. The third kappa shape index (κ3) is 6.00. The van der Waals surface area contributed by atoms with E-state index < -0.39 is 0 Å². The smallest absolute Gasteiger partial charge is 0.319 e. The third-order valence-electron chi connectivity index (χ3n) is 7.62. The van der Waals surface area contributed by atoms with Crippen molar-refractivity contribution < 1.29 is 23.7 Å². The SMILES string of the molecule is COc1ccc(OC)c(CC2c3c(OC)ccc(OC)c3CCN2CCNC(=O)Nc2ccnc3ccccc23)c1. The summed E-state index contributed by atoms with van der Waals surface area (Å²) in [7, 11) is 6.73. The van der Waals surface area contributed by atoms with Crippen molar-refractivity contribution in [1.29, 1.82) is 0 Å². The van der Waals surface area contributed by atoms with E-state index in [4.69, 9.17) is 18.9 Å². The first-order valence-electron chi connectivity index (χ1n) is 13.6. The van der Waals surface area contributed by atoms with Gasteiger partial charge in [-0.2, -0.15) is 0 Å². The van der Waals surface area contributed by atoms with Gasteiger partial charge in [-0.1, -0.05) is 18.2 Å².